The molecule has 1 amide bonds. The Labute approximate surface area is 135 Å². The smallest absolute Gasteiger partial charge is 0.255 e. The topological polar surface area (TPSA) is 59.8 Å². The fraction of sp³-hybridized carbons (Fsp3) is 0.167. The summed E-state index contributed by atoms with van der Waals surface area (Å²) >= 11 is 0. The first-order valence-corrected chi connectivity index (χ1v) is 7.56. The number of benzene rings is 2. The Morgan fingerprint density at radius 1 is 1.13 bits per heavy atom. The van der Waals surface area contributed by atoms with Gasteiger partial charge < -0.3 is 5.32 Å². The van der Waals surface area contributed by atoms with Gasteiger partial charge in [0.25, 0.3) is 5.91 Å². The van der Waals surface area contributed by atoms with Crippen LogP contribution < -0.4 is 5.32 Å². The van der Waals surface area contributed by atoms with Gasteiger partial charge in [0.05, 0.1) is 6.54 Å². The number of amides is 1. The number of carbonyl (C=O) groups excluding carboxylic acids is 1. The average molecular weight is 306 g/mol. The summed E-state index contributed by atoms with van der Waals surface area (Å²) in [6.45, 7) is 2.68. The zero-order valence-corrected chi connectivity index (χ0v) is 12.9. The van der Waals surface area contributed by atoms with E-state index in [2.05, 4.69) is 22.3 Å². The molecule has 1 aromatic heterocycles. The van der Waals surface area contributed by atoms with Crippen LogP contribution in [0.25, 0.3) is 0 Å². The molecular formula is C18H18N4O. The van der Waals surface area contributed by atoms with E-state index in [0.29, 0.717) is 12.1 Å². The van der Waals surface area contributed by atoms with E-state index >= 15 is 0 Å². The number of hydrogen-bond acceptors (Lipinski definition) is 3. The Morgan fingerprint density at radius 2 is 1.96 bits per heavy atom. The van der Waals surface area contributed by atoms with Crippen molar-refractivity contribution in [1.82, 2.24) is 14.8 Å². The Kier molecular flexibility index (Phi) is 4.47. The van der Waals surface area contributed by atoms with Crippen LogP contribution in [0.3, 0.4) is 0 Å². The number of hydrogen-bond donors (Lipinski definition) is 1. The third kappa shape index (κ3) is 3.83. The zero-order valence-electron chi connectivity index (χ0n) is 12.9. The molecule has 1 heterocycles. The van der Waals surface area contributed by atoms with Gasteiger partial charge in [-0.25, -0.2) is 9.67 Å². The van der Waals surface area contributed by atoms with E-state index in [-0.39, 0.29) is 5.91 Å². The highest BCUT2D eigenvalue weighted by atomic mass is 16.1. The number of nitrogens with one attached hydrogen (secondary N) is 1. The summed E-state index contributed by atoms with van der Waals surface area (Å²) in [5, 5.41) is 7.02. The van der Waals surface area contributed by atoms with Crippen LogP contribution in [0.4, 0.5) is 5.69 Å². The van der Waals surface area contributed by atoms with Crippen molar-refractivity contribution < 1.29 is 4.79 Å². The monoisotopic (exact) mass is 306 g/mol. The zero-order chi connectivity index (χ0) is 16.1. The van der Waals surface area contributed by atoms with Gasteiger partial charge in [-0.1, -0.05) is 31.2 Å². The normalized spacial score (nSPS) is 10.5. The van der Waals surface area contributed by atoms with Crippen LogP contribution in [0.5, 0.6) is 0 Å². The minimum atomic E-state index is -0.112. The van der Waals surface area contributed by atoms with Gasteiger partial charge in [0.1, 0.15) is 12.7 Å². The lowest BCUT2D eigenvalue weighted by Crippen LogP contribution is -2.12. The second kappa shape index (κ2) is 6.87. The molecule has 116 valence electrons. The second-order valence-electron chi connectivity index (χ2n) is 5.30. The minimum Gasteiger partial charge on any atom is -0.322 e. The maximum absolute atomic E-state index is 12.4. The lowest BCUT2D eigenvalue weighted by atomic mass is 10.1. The molecule has 0 spiro atoms. The molecule has 0 unspecified atom stereocenters. The van der Waals surface area contributed by atoms with Crippen molar-refractivity contribution in [3.63, 3.8) is 0 Å². The van der Waals surface area contributed by atoms with Crippen molar-refractivity contribution in [2.75, 3.05) is 5.32 Å². The van der Waals surface area contributed by atoms with Crippen LogP contribution in [-0.4, -0.2) is 20.7 Å². The van der Waals surface area contributed by atoms with E-state index in [1.54, 1.807) is 11.0 Å². The molecule has 1 N–H and O–H groups in total. The molecule has 3 rings (SSSR count). The molecular weight excluding hydrogens is 288 g/mol. The fourth-order valence-electron chi connectivity index (χ4n) is 2.38. The molecule has 0 radical (unpaired) electrons. The predicted molar refractivity (Wildman–Crippen MR) is 89.3 cm³/mol. The Hall–Kier alpha value is -2.95. The van der Waals surface area contributed by atoms with Gasteiger partial charge in [-0.3, -0.25) is 4.79 Å². The highest BCUT2D eigenvalue weighted by molar-refractivity contribution is 6.04. The van der Waals surface area contributed by atoms with Crippen LogP contribution >= 0.6 is 0 Å². The number of aromatic nitrogens is 3. The second-order valence-corrected chi connectivity index (χ2v) is 5.30. The van der Waals surface area contributed by atoms with E-state index in [0.717, 1.165) is 17.7 Å². The summed E-state index contributed by atoms with van der Waals surface area (Å²) in [5.41, 5.74) is 3.65. The van der Waals surface area contributed by atoms with Crippen molar-refractivity contribution in [1.29, 1.82) is 0 Å². The standard InChI is InChI=1S/C18H18N4O/c1-2-14-5-4-8-17(10-14)21-18(23)16-7-3-6-15(9-16)11-22-13-19-12-20-22/h3-10,12-13H,2,11H2,1H3,(H,21,23). The van der Waals surface area contributed by atoms with Crippen LogP contribution in [0.1, 0.15) is 28.4 Å². The summed E-state index contributed by atoms with van der Waals surface area (Å²) in [6, 6.07) is 15.4. The average Bonchev–Trinajstić information content (AvgIpc) is 3.08. The van der Waals surface area contributed by atoms with Crippen molar-refractivity contribution in [3.8, 4) is 0 Å². The molecule has 0 saturated heterocycles. The third-order valence-corrected chi connectivity index (χ3v) is 3.59. The summed E-state index contributed by atoms with van der Waals surface area (Å²) in [4.78, 5) is 16.3. The molecule has 0 atom stereocenters. The van der Waals surface area contributed by atoms with Gasteiger partial charge in [-0.15, -0.1) is 0 Å². The molecule has 0 saturated carbocycles. The molecule has 0 aliphatic carbocycles. The summed E-state index contributed by atoms with van der Waals surface area (Å²) in [5.74, 6) is -0.112. The molecule has 0 bridgehead atoms. The summed E-state index contributed by atoms with van der Waals surface area (Å²) in [7, 11) is 0. The lowest BCUT2D eigenvalue weighted by Gasteiger charge is -2.08. The van der Waals surface area contributed by atoms with Crippen LogP contribution in [0, 0.1) is 0 Å². The van der Waals surface area contributed by atoms with E-state index < -0.39 is 0 Å². The highest BCUT2D eigenvalue weighted by Crippen LogP contribution is 2.14. The third-order valence-electron chi connectivity index (χ3n) is 3.59. The summed E-state index contributed by atoms with van der Waals surface area (Å²) in [6.07, 6.45) is 4.09. The lowest BCUT2D eigenvalue weighted by molar-refractivity contribution is 0.102. The molecule has 0 aliphatic rings. The molecule has 5 nitrogen and oxygen atoms in total. The Balaban J connectivity index is 1.74. The van der Waals surface area contributed by atoms with E-state index in [1.807, 2.05) is 48.5 Å². The van der Waals surface area contributed by atoms with Gasteiger partial charge >= 0.3 is 0 Å². The SMILES string of the molecule is CCc1cccc(NC(=O)c2cccc(Cn3cncn3)c2)c1. The largest absolute Gasteiger partial charge is 0.322 e. The first kappa shape index (κ1) is 15.0. The number of carbonyl (C=O) groups is 1. The highest BCUT2D eigenvalue weighted by Gasteiger charge is 2.07. The minimum absolute atomic E-state index is 0.112. The molecule has 3 aromatic rings. The van der Waals surface area contributed by atoms with Gasteiger partial charge in [0.15, 0.2) is 0 Å². The number of aryl methyl sites for hydroxylation is 1. The maximum atomic E-state index is 12.4. The first-order valence-electron chi connectivity index (χ1n) is 7.56. The molecule has 0 fully saturated rings. The molecule has 23 heavy (non-hydrogen) atoms. The Morgan fingerprint density at radius 3 is 2.74 bits per heavy atom. The Bertz CT molecular complexity index is 796. The van der Waals surface area contributed by atoms with Crippen LogP contribution in [0.2, 0.25) is 0 Å². The van der Waals surface area contributed by atoms with Crippen molar-refractivity contribution in [3.05, 3.63) is 77.9 Å². The van der Waals surface area contributed by atoms with Crippen molar-refractivity contribution in [2.24, 2.45) is 0 Å². The van der Waals surface area contributed by atoms with Crippen LogP contribution in [0.15, 0.2) is 61.2 Å². The van der Waals surface area contributed by atoms with Crippen molar-refractivity contribution >= 4 is 11.6 Å². The predicted octanol–water partition coefficient (Wildman–Crippen LogP) is 3.14. The number of rotatable bonds is 5. The van der Waals surface area contributed by atoms with E-state index in [9.17, 15) is 4.79 Å². The maximum Gasteiger partial charge on any atom is 0.255 e. The van der Waals surface area contributed by atoms with Gasteiger partial charge in [0.2, 0.25) is 0 Å². The molecule has 2 aromatic carbocycles. The number of anilines is 1. The quantitative estimate of drug-likeness (QED) is 0.788. The number of nitrogens with zero attached hydrogens (tertiary/aromatic N) is 3. The van der Waals surface area contributed by atoms with Gasteiger partial charge in [-0.05, 0) is 41.8 Å². The van der Waals surface area contributed by atoms with Crippen LogP contribution in [-0.2, 0) is 13.0 Å². The fourth-order valence-corrected chi connectivity index (χ4v) is 2.38. The van der Waals surface area contributed by atoms with E-state index in [4.69, 9.17) is 0 Å². The summed E-state index contributed by atoms with van der Waals surface area (Å²) < 4.78 is 1.72. The first-order chi connectivity index (χ1) is 11.2. The van der Waals surface area contributed by atoms with E-state index in [1.165, 1.54) is 11.9 Å². The molecule has 5 heteroatoms. The van der Waals surface area contributed by atoms with Gasteiger partial charge in [-0.2, -0.15) is 5.10 Å². The van der Waals surface area contributed by atoms with Gasteiger partial charge in [0, 0.05) is 11.3 Å². The molecule has 0 aliphatic heterocycles. The van der Waals surface area contributed by atoms with Crippen molar-refractivity contribution in [2.45, 2.75) is 19.9 Å².